The van der Waals surface area contributed by atoms with E-state index in [-0.39, 0.29) is 5.91 Å². The van der Waals surface area contributed by atoms with E-state index in [4.69, 9.17) is 0 Å². The molecule has 1 aromatic rings. The fourth-order valence-electron chi connectivity index (χ4n) is 2.30. The molecule has 0 atom stereocenters. The van der Waals surface area contributed by atoms with Gasteiger partial charge in [0.2, 0.25) is 0 Å². The first kappa shape index (κ1) is 15.0. The third kappa shape index (κ3) is 3.39. The molecule has 1 amide bonds. The van der Waals surface area contributed by atoms with Crippen LogP contribution >= 0.6 is 43.2 Å². The Morgan fingerprint density at radius 1 is 1.53 bits per heavy atom. The minimum absolute atomic E-state index is 0.176. The van der Waals surface area contributed by atoms with E-state index in [9.17, 15) is 10.1 Å². The maximum Gasteiger partial charge on any atom is 0.254 e. The number of hydrogen-bond acceptors (Lipinski definition) is 3. The monoisotopic (exact) mass is 404 g/mol. The van der Waals surface area contributed by atoms with Crippen LogP contribution in [0.1, 0.15) is 43.0 Å². The van der Waals surface area contributed by atoms with Gasteiger partial charge in [-0.1, -0.05) is 6.92 Å². The average Bonchev–Trinajstić information content (AvgIpc) is 2.72. The molecule has 0 radical (unpaired) electrons. The second-order valence-corrected chi connectivity index (χ2v) is 8.82. The van der Waals surface area contributed by atoms with E-state index >= 15 is 0 Å². The highest BCUT2D eigenvalue weighted by Crippen LogP contribution is 2.34. The van der Waals surface area contributed by atoms with Crippen molar-refractivity contribution in [3.63, 3.8) is 0 Å². The van der Waals surface area contributed by atoms with Gasteiger partial charge in [-0.05, 0) is 69.5 Å². The van der Waals surface area contributed by atoms with Gasteiger partial charge in [-0.2, -0.15) is 5.26 Å². The Kier molecular flexibility index (Phi) is 4.70. The zero-order valence-corrected chi connectivity index (χ0v) is 14.5. The van der Waals surface area contributed by atoms with Crippen molar-refractivity contribution in [3.8, 4) is 6.07 Å². The van der Waals surface area contributed by atoms with Crippen molar-refractivity contribution >= 4 is 49.1 Å². The molecule has 1 aromatic heterocycles. The number of nitrogens with zero attached hydrogens (tertiary/aromatic N) is 1. The largest absolute Gasteiger partial charge is 0.334 e. The van der Waals surface area contributed by atoms with E-state index < -0.39 is 5.54 Å². The first-order valence-corrected chi connectivity index (χ1v) is 8.54. The van der Waals surface area contributed by atoms with E-state index in [1.54, 1.807) is 6.07 Å². The van der Waals surface area contributed by atoms with Crippen molar-refractivity contribution in [3.05, 3.63) is 19.2 Å². The summed E-state index contributed by atoms with van der Waals surface area (Å²) in [5, 5.41) is 12.3. The van der Waals surface area contributed by atoms with Crippen LogP contribution in [0.4, 0.5) is 0 Å². The minimum atomic E-state index is -0.697. The van der Waals surface area contributed by atoms with Crippen molar-refractivity contribution in [2.45, 2.75) is 38.1 Å². The topological polar surface area (TPSA) is 52.9 Å². The quantitative estimate of drug-likeness (QED) is 0.788. The van der Waals surface area contributed by atoms with E-state index in [0.717, 1.165) is 33.3 Å². The molecule has 0 bridgehead atoms. The molecule has 3 nitrogen and oxygen atoms in total. The lowest BCUT2D eigenvalue weighted by molar-refractivity contribution is 0.0893. The molecular formula is C13H14Br2N2OS. The van der Waals surface area contributed by atoms with Crippen LogP contribution in [0.5, 0.6) is 0 Å². The average molecular weight is 406 g/mol. The van der Waals surface area contributed by atoms with Gasteiger partial charge in [0.1, 0.15) is 5.54 Å². The molecule has 0 saturated heterocycles. The van der Waals surface area contributed by atoms with Crippen LogP contribution in [-0.2, 0) is 0 Å². The van der Waals surface area contributed by atoms with Crippen LogP contribution in [0.2, 0.25) is 0 Å². The Morgan fingerprint density at radius 2 is 2.16 bits per heavy atom. The van der Waals surface area contributed by atoms with E-state index in [2.05, 4.69) is 50.2 Å². The third-order valence-corrected chi connectivity index (χ3v) is 5.94. The first-order chi connectivity index (χ1) is 8.96. The number of carbonyl (C=O) groups is 1. The molecule has 2 rings (SSSR count). The highest BCUT2D eigenvalue weighted by molar-refractivity contribution is 9.12. The van der Waals surface area contributed by atoms with Crippen LogP contribution in [0.3, 0.4) is 0 Å². The first-order valence-electron chi connectivity index (χ1n) is 6.14. The van der Waals surface area contributed by atoms with Gasteiger partial charge in [0.25, 0.3) is 5.91 Å². The van der Waals surface area contributed by atoms with Crippen molar-refractivity contribution in [1.29, 1.82) is 5.26 Å². The SMILES string of the molecule is CC1CCC(C#N)(NC(=O)c2cc(Br)sc2Br)CC1. The molecule has 1 N–H and O–H groups in total. The molecule has 1 aliphatic carbocycles. The summed E-state index contributed by atoms with van der Waals surface area (Å²) in [6.45, 7) is 2.19. The van der Waals surface area contributed by atoms with Gasteiger partial charge in [-0.25, -0.2) is 0 Å². The number of carbonyl (C=O) groups excluding carboxylic acids is 1. The van der Waals surface area contributed by atoms with Gasteiger partial charge >= 0.3 is 0 Å². The number of nitriles is 1. The summed E-state index contributed by atoms with van der Waals surface area (Å²) >= 11 is 8.19. The Bertz CT molecular complexity index is 527. The van der Waals surface area contributed by atoms with Gasteiger partial charge in [0, 0.05) is 0 Å². The number of rotatable bonds is 2. The second-order valence-electron chi connectivity index (χ2n) is 5.07. The van der Waals surface area contributed by atoms with Gasteiger partial charge < -0.3 is 5.32 Å². The van der Waals surface area contributed by atoms with Crippen LogP contribution in [-0.4, -0.2) is 11.4 Å². The molecule has 6 heteroatoms. The lowest BCUT2D eigenvalue weighted by Crippen LogP contribution is -2.49. The van der Waals surface area contributed by atoms with Crippen molar-refractivity contribution in [1.82, 2.24) is 5.32 Å². The highest BCUT2D eigenvalue weighted by Gasteiger charge is 2.36. The lowest BCUT2D eigenvalue weighted by atomic mass is 9.78. The third-order valence-electron chi connectivity index (χ3n) is 3.60. The molecule has 0 aliphatic heterocycles. The Hall–Kier alpha value is -0.380. The zero-order chi connectivity index (χ0) is 14.0. The van der Waals surface area contributed by atoms with E-state index in [1.165, 1.54) is 11.3 Å². The molecule has 1 fully saturated rings. The standard InChI is InChI=1S/C13H14Br2N2OS/c1-8-2-4-13(7-16,5-3-8)17-12(18)9-6-10(14)19-11(9)15/h6,8H,2-5H2,1H3,(H,17,18). The number of hydrogen-bond donors (Lipinski definition) is 1. The summed E-state index contributed by atoms with van der Waals surface area (Å²) in [5.74, 6) is 0.463. The molecule has 0 spiro atoms. The molecule has 1 saturated carbocycles. The van der Waals surface area contributed by atoms with Crippen molar-refractivity contribution in [2.24, 2.45) is 5.92 Å². The van der Waals surface area contributed by atoms with Crippen LogP contribution < -0.4 is 5.32 Å². The van der Waals surface area contributed by atoms with E-state index in [1.807, 2.05) is 0 Å². The predicted octanol–water partition coefficient (Wildman–Crippen LogP) is 4.48. The Labute approximate surface area is 133 Å². The van der Waals surface area contributed by atoms with Crippen LogP contribution in [0, 0.1) is 17.2 Å². The summed E-state index contributed by atoms with van der Waals surface area (Å²) < 4.78 is 1.68. The number of thiophene rings is 1. The summed E-state index contributed by atoms with van der Waals surface area (Å²) in [7, 11) is 0. The summed E-state index contributed by atoms with van der Waals surface area (Å²) in [4.78, 5) is 12.3. The Balaban J connectivity index is 2.13. The summed E-state index contributed by atoms with van der Waals surface area (Å²) in [6.07, 6.45) is 3.45. The zero-order valence-electron chi connectivity index (χ0n) is 10.5. The smallest absolute Gasteiger partial charge is 0.254 e. The normalized spacial score (nSPS) is 26.7. The molecule has 1 heterocycles. The molecular weight excluding hydrogens is 392 g/mol. The van der Waals surface area contributed by atoms with Gasteiger partial charge in [0.05, 0.1) is 19.2 Å². The fraction of sp³-hybridized carbons (Fsp3) is 0.538. The van der Waals surface area contributed by atoms with E-state index in [0.29, 0.717) is 11.5 Å². The van der Waals surface area contributed by atoms with Gasteiger partial charge in [0.15, 0.2) is 0 Å². The number of nitrogens with one attached hydrogen (secondary N) is 1. The number of halogens is 2. The van der Waals surface area contributed by atoms with Crippen LogP contribution in [0.15, 0.2) is 13.6 Å². The summed E-state index contributed by atoms with van der Waals surface area (Å²) in [6, 6.07) is 4.09. The second kappa shape index (κ2) is 5.94. The maximum atomic E-state index is 12.3. The summed E-state index contributed by atoms with van der Waals surface area (Å²) in [5.41, 5.74) is -0.109. The number of amides is 1. The van der Waals surface area contributed by atoms with Gasteiger partial charge in [-0.15, -0.1) is 11.3 Å². The minimum Gasteiger partial charge on any atom is -0.334 e. The fourth-order valence-corrected chi connectivity index (χ4v) is 5.09. The maximum absolute atomic E-state index is 12.3. The van der Waals surface area contributed by atoms with Crippen molar-refractivity contribution in [2.75, 3.05) is 0 Å². The van der Waals surface area contributed by atoms with Crippen molar-refractivity contribution < 1.29 is 4.79 Å². The highest BCUT2D eigenvalue weighted by atomic mass is 79.9. The van der Waals surface area contributed by atoms with Crippen LogP contribution in [0.25, 0.3) is 0 Å². The molecule has 1 aliphatic rings. The molecule has 19 heavy (non-hydrogen) atoms. The predicted molar refractivity (Wildman–Crippen MR) is 83.2 cm³/mol. The lowest BCUT2D eigenvalue weighted by Gasteiger charge is -2.34. The molecule has 102 valence electrons. The Morgan fingerprint density at radius 3 is 2.63 bits per heavy atom. The van der Waals surface area contributed by atoms with Gasteiger partial charge in [-0.3, -0.25) is 4.79 Å². The molecule has 0 aromatic carbocycles. The molecule has 0 unspecified atom stereocenters.